The van der Waals surface area contributed by atoms with Crippen molar-refractivity contribution in [3.63, 3.8) is 0 Å². The maximum Gasteiger partial charge on any atom is 0.217 e. The maximum absolute atomic E-state index is 11.1. The van der Waals surface area contributed by atoms with Crippen LogP contribution in [-0.2, 0) is 4.79 Å². The Labute approximate surface area is 98.6 Å². The highest BCUT2D eigenvalue weighted by atomic mass is 16.1. The minimum Gasteiger partial charge on any atom is -0.352 e. The Morgan fingerprint density at radius 3 is 2.62 bits per heavy atom. The first-order valence-electron chi connectivity index (χ1n) is 6.50. The molecule has 0 spiro atoms. The summed E-state index contributed by atoms with van der Waals surface area (Å²) in [7, 11) is 0. The zero-order valence-corrected chi connectivity index (χ0v) is 10.8. The van der Waals surface area contributed by atoms with Crippen LogP contribution < -0.4 is 5.32 Å². The molecule has 1 heterocycles. The van der Waals surface area contributed by atoms with Gasteiger partial charge < -0.3 is 5.32 Å². The second kappa shape index (κ2) is 4.36. The molecule has 0 radical (unpaired) electrons. The molecule has 3 heteroatoms. The Hall–Kier alpha value is -0.570. The highest BCUT2D eigenvalue weighted by Gasteiger charge is 2.43. The van der Waals surface area contributed by atoms with E-state index >= 15 is 0 Å². The molecule has 3 nitrogen and oxygen atoms in total. The fourth-order valence-corrected chi connectivity index (χ4v) is 3.22. The monoisotopic (exact) mass is 224 g/mol. The average Bonchev–Trinajstić information content (AvgIpc) is 2.15. The number of nitrogens with zero attached hydrogens (tertiary/aromatic N) is 1. The number of piperidine rings is 1. The largest absolute Gasteiger partial charge is 0.352 e. The van der Waals surface area contributed by atoms with Crippen molar-refractivity contribution < 1.29 is 4.79 Å². The Morgan fingerprint density at radius 2 is 2.12 bits per heavy atom. The normalized spacial score (nSPS) is 34.2. The molecule has 2 atom stereocenters. The molecule has 1 amide bonds. The van der Waals surface area contributed by atoms with Crippen molar-refractivity contribution in [3.8, 4) is 0 Å². The van der Waals surface area contributed by atoms with Gasteiger partial charge in [0.05, 0.1) is 0 Å². The molecule has 1 aliphatic carbocycles. The van der Waals surface area contributed by atoms with Crippen molar-refractivity contribution in [1.29, 1.82) is 0 Å². The molecule has 0 bridgehead atoms. The molecule has 2 fully saturated rings. The van der Waals surface area contributed by atoms with E-state index in [0.29, 0.717) is 11.5 Å². The molecule has 2 rings (SSSR count). The van der Waals surface area contributed by atoms with Crippen LogP contribution in [0.15, 0.2) is 0 Å². The van der Waals surface area contributed by atoms with Gasteiger partial charge in [0.2, 0.25) is 5.91 Å². The van der Waals surface area contributed by atoms with Crippen molar-refractivity contribution >= 4 is 5.91 Å². The number of nitrogens with one attached hydrogen (secondary N) is 1. The lowest BCUT2D eigenvalue weighted by Crippen LogP contribution is -2.58. The molecule has 1 saturated carbocycles. The van der Waals surface area contributed by atoms with Gasteiger partial charge in [-0.2, -0.15) is 0 Å². The Kier molecular flexibility index (Phi) is 3.24. The molecule has 1 saturated heterocycles. The van der Waals surface area contributed by atoms with Crippen LogP contribution in [0.4, 0.5) is 0 Å². The third kappa shape index (κ3) is 2.40. The first-order valence-corrected chi connectivity index (χ1v) is 6.50. The maximum atomic E-state index is 11.1. The van der Waals surface area contributed by atoms with Crippen LogP contribution in [0.25, 0.3) is 0 Å². The van der Waals surface area contributed by atoms with Gasteiger partial charge in [0.25, 0.3) is 0 Å². The van der Waals surface area contributed by atoms with Gasteiger partial charge in [-0.25, -0.2) is 0 Å². The number of hydrogen-bond donors (Lipinski definition) is 1. The van der Waals surface area contributed by atoms with Crippen LogP contribution in [0.5, 0.6) is 0 Å². The van der Waals surface area contributed by atoms with Crippen molar-refractivity contribution in [2.24, 2.45) is 5.41 Å². The summed E-state index contributed by atoms with van der Waals surface area (Å²) in [6, 6.07) is 1.12. The molecule has 16 heavy (non-hydrogen) atoms. The zero-order valence-electron chi connectivity index (χ0n) is 10.8. The number of carbonyl (C=O) groups excluding carboxylic acids is 1. The minimum absolute atomic E-state index is 0.111. The highest BCUT2D eigenvalue weighted by Crippen LogP contribution is 2.44. The molecule has 2 aliphatic rings. The van der Waals surface area contributed by atoms with Crippen molar-refractivity contribution in [3.05, 3.63) is 0 Å². The summed E-state index contributed by atoms with van der Waals surface area (Å²) in [5.74, 6) is 0.111. The summed E-state index contributed by atoms with van der Waals surface area (Å²) in [5, 5.41) is 3.06. The van der Waals surface area contributed by atoms with Crippen LogP contribution in [-0.4, -0.2) is 36.0 Å². The van der Waals surface area contributed by atoms with Gasteiger partial charge >= 0.3 is 0 Å². The summed E-state index contributed by atoms with van der Waals surface area (Å²) in [5.41, 5.74) is 0.484. The van der Waals surface area contributed by atoms with Gasteiger partial charge in [0, 0.05) is 25.6 Å². The fraction of sp³-hybridized carbons (Fsp3) is 0.923. The third-order valence-corrected chi connectivity index (χ3v) is 4.27. The van der Waals surface area contributed by atoms with Crippen LogP contribution in [0.1, 0.15) is 46.5 Å². The summed E-state index contributed by atoms with van der Waals surface area (Å²) in [6.45, 7) is 8.61. The molecule has 1 N–H and O–H groups in total. The number of amides is 1. The summed E-state index contributed by atoms with van der Waals surface area (Å²) >= 11 is 0. The van der Waals surface area contributed by atoms with Crippen LogP contribution in [0, 0.1) is 5.41 Å². The van der Waals surface area contributed by atoms with E-state index in [4.69, 9.17) is 0 Å². The topological polar surface area (TPSA) is 32.3 Å². The molecule has 0 aromatic rings. The SMILES string of the molecule is CC(=O)NC1CCCN(C2CCC2(C)C)C1. The number of carbonyl (C=O) groups is 1. The fourth-order valence-electron chi connectivity index (χ4n) is 3.22. The number of likely N-dealkylation sites (tertiary alicyclic amines) is 1. The lowest BCUT2D eigenvalue weighted by Gasteiger charge is -2.52. The first kappa shape index (κ1) is 11.9. The van der Waals surface area contributed by atoms with Crippen molar-refractivity contribution in [2.75, 3.05) is 13.1 Å². The molecular weight excluding hydrogens is 200 g/mol. The molecule has 2 unspecified atom stereocenters. The van der Waals surface area contributed by atoms with Crippen molar-refractivity contribution in [2.45, 2.75) is 58.5 Å². The minimum atomic E-state index is 0.111. The number of hydrogen-bond acceptors (Lipinski definition) is 2. The highest BCUT2D eigenvalue weighted by molar-refractivity contribution is 5.73. The predicted octanol–water partition coefficient (Wildman–Crippen LogP) is 1.78. The van der Waals surface area contributed by atoms with E-state index in [1.54, 1.807) is 6.92 Å². The second-order valence-electron chi connectivity index (χ2n) is 6.08. The molecule has 0 aromatic heterocycles. The molecular formula is C13H24N2O. The van der Waals surface area contributed by atoms with Gasteiger partial charge in [-0.3, -0.25) is 9.69 Å². The van der Waals surface area contributed by atoms with Crippen LogP contribution in [0.3, 0.4) is 0 Å². The Balaban J connectivity index is 1.89. The van der Waals surface area contributed by atoms with Crippen LogP contribution in [0.2, 0.25) is 0 Å². The molecule has 92 valence electrons. The second-order valence-corrected chi connectivity index (χ2v) is 6.08. The molecule has 0 aromatic carbocycles. The van der Waals surface area contributed by atoms with Crippen LogP contribution >= 0.6 is 0 Å². The predicted molar refractivity (Wildman–Crippen MR) is 65.2 cm³/mol. The Bertz CT molecular complexity index is 275. The van der Waals surface area contributed by atoms with Gasteiger partial charge in [-0.15, -0.1) is 0 Å². The van der Waals surface area contributed by atoms with E-state index in [0.717, 1.165) is 19.0 Å². The lowest BCUT2D eigenvalue weighted by molar-refractivity contribution is -0.120. The van der Waals surface area contributed by atoms with Crippen molar-refractivity contribution in [1.82, 2.24) is 10.2 Å². The molecule has 1 aliphatic heterocycles. The first-order chi connectivity index (χ1) is 7.49. The van der Waals surface area contributed by atoms with Gasteiger partial charge in [-0.1, -0.05) is 13.8 Å². The Morgan fingerprint density at radius 1 is 1.38 bits per heavy atom. The summed E-state index contributed by atoms with van der Waals surface area (Å²) in [6.07, 6.45) is 5.04. The number of rotatable bonds is 2. The average molecular weight is 224 g/mol. The summed E-state index contributed by atoms with van der Waals surface area (Å²) < 4.78 is 0. The van der Waals surface area contributed by atoms with E-state index < -0.39 is 0 Å². The van der Waals surface area contributed by atoms with E-state index in [2.05, 4.69) is 24.1 Å². The smallest absolute Gasteiger partial charge is 0.217 e. The van der Waals surface area contributed by atoms with E-state index in [1.807, 2.05) is 0 Å². The zero-order chi connectivity index (χ0) is 11.8. The van der Waals surface area contributed by atoms with Gasteiger partial charge in [-0.05, 0) is 37.6 Å². The quantitative estimate of drug-likeness (QED) is 0.775. The summed E-state index contributed by atoms with van der Waals surface area (Å²) in [4.78, 5) is 13.7. The lowest BCUT2D eigenvalue weighted by atomic mass is 9.66. The van der Waals surface area contributed by atoms with Gasteiger partial charge in [0.15, 0.2) is 0 Å². The van der Waals surface area contributed by atoms with Gasteiger partial charge in [0.1, 0.15) is 0 Å². The van der Waals surface area contributed by atoms with E-state index in [9.17, 15) is 4.79 Å². The van der Waals surface area contributed by atoms with E-state index in [1.165, 1.54) is 25.8 Å². The standard InChI is InChI=1S/C13H24N2O/c1-10(16)14-11-5-4-8-15(9-11)12-6-7-13(12,2)3/h11-12H,4-9H2,1-3H3,(H,14,16). The third-order valence-electron chi connectivity index (χ3n) is 4.27. The van der Waals surface area contributed by atoms with E-state index in [-0.39, 0.29) is 5.91 Å².